The quantitative estimate of drug-likeness (QED) is 0.763. The maximum absolute atomic E-state index is 12.3. The molecule has 0 aliphatic heterocycles. The number of carbonyl (C=O) groups excluding carboxylic acids is 3. The summed E-state index contributed by atoms with van der Waals surface area (Å²) >= 11 is 0. The molecule has 0 aliphatic carbocycles. The molecule has 1 heterocycles. The van der Waals surface area contributed by atoms with E-state index in [0.29, 0.717) is 5.69 Å². The average molecular weight is 360 g/mol. The highest BCUT2D eigenvalue weighted by Crippen LogP contribution is 2.29. The Bertz CT molecular complexity index is 798. The van der Waals surface area contributed by atoms with Crippen LogP contribution in [-0.2, 0) is 9.47 Å². The van der Waals surface area contributed by atoms with E-state index in [1.165, 1.54) is 6.92 Å². The third-order valence-corrected chi connectivity index (χ3v) is 3.30. The molecule has 0 saturated heterocycles. The second-order valence-electron chi connectivity index (χ2n) is 5.12. The second-order valence-corrected chi connectivity index (χ2v) is 5.12. The van der Waals surface area contributed by atoms with Gasteiger partial charge in [0.05, 0.1) is 13.2 Å². The fourth-order valence-corrected chi connectivity index (χ4v) is 2.27. The molecule has 0 fully saturated rings. The lowest BCUT2D eigenvalue weighted by Gasteiger charge is -2.08. The van der Waals surface area contributed by atoms with Gasteiger partial charge in [-0.15, -0.1) is 0 Å². The number of hydrogen-bond donors (Lipinski definition) is 2. The van der Waals surface area contributed by atoms with Crippen molar-refractivity contribution in [2.75, 3.05) is 23.8 Å². The molecule has 138 valence electrons. The third kappa shape index (κ3) is 4.41. The maximum Gasteiger partial charge on any atom is 0.344 e. The van der Waals surface area contributed by atoms with E-state index in [2.05, 4.69) is 10.6 Å². The van der Waals surface area contributed by atoms with Crippen LogP contribution in [0.1, 0.15) is 40.3 Å². The normalized spacial score (nSPS) is 10.1. The van der Waals surface area contributed by atoms with Crippen LogP contribution in [0.25, 0.3) is 0 Å². The van der Waals surface area contributed by atoms with Crippen molar-refractivity contribution in [1.82, 2.24) is 0 Å². The highest BCUT2D eigenvalue weighted by Gasteiger charge is 2.31. The number of furan rings is 1. The van der Waals surface area contributed by atoms with E-state index >= 15 is 0 Å². The van der Waals surface area contributed by atoms with Crippen LogP contribution in [0.2, 0.25) is 0 Å². The minimum Gasteiger partial charge on any atom is -0.462 e. The molecule has 0 saturated carbocycles. The number of nitrogens with one attached hydrogen (secondary N) is 2. The lowest BCUT2D eigenvalue weighted by atomic mass is 10.1. The molecule has 1 aromatic carbocycles. The number of anilines is 2. The van der Waals surface area contributed by atoms with Crippen LogP contribution in [0.4, 0.5) is 16.4 Å². The van der Waals surface area contributed by atoms with Crippen LogP contribution in [-0.4, -0.2) is 31.2 Å². The Morgan fingerprint density at radius 2 is 1.50 bits per heavy atom. The number of benzene rings is 1. The molecule has 0 aliphatic rings. The lowest BCUT2D eigenvalue weighted by molar-refractivity contribution is 0.0480. The Labute approximate surface area is 150 Å². The molecule has 2 rings (SSSR count). The number of para-hydroxylation sites is 1. The Morgan fingerprint density at radius 1 is 0.923 bits per heavy atom. The van der Waals surface area contributed by atoms with E-state index < -0.39 is 18.0 Å². The Morgan fingerprint density at radius 3 is 2.08 bits per heavy atom. The van der Waals surface area contributed by atoms with Crippen molar-refractivity contribution >= 4 is 29.5 Å². The molecule has 2 aromatic rings. The van der Waals surface area contributed by atoms with Gasteiger partial charge in [0, 0.05) is 5.69 Å². The number of aryl methyl sites for hydroxylation is 1. The summed E-state index contributed by atoms with van der Waals surface area (Å²) in [5.41, 5.74) is 0.308. The topological polar surface area (TPSA) is 107 Å². The first-order valence-corrected chi connectivity index (χ1v) is 8.08. The Balaban J connectivity index is 2.31. The van der Waals surface area contributed by atoms with Crippen LogP contribution in [0, 0.1) is 6.92 Å². The minimum absolute atomic E-state index is 0.0692. The number of urea groups is 1. The average Bonchev–Trinajstić information content (AvgIpc) is 2.92. The van der Waals surface area contributed by atoms with Crippen molar-refractivity contribution in [3.8, 4) is 0 Å². The maximum atomic E-state index is 12.3. The summed E-state index contributed by atoms with van der Waals surface area (Å²) in [7, 11) is 0. The van der Waals surface area contributed by atoms with Gasteiger partial charge in [0.15, 0.2) is 0 Å². The monoisotopic (exact) mass is 360 g/mol. The van der Waals surface area contributed by atoms with Crippen LogP contribution in [0.5, 0.6) is 0 Å². The highest BCUT2D eigenvalue weighted by molar-refractivity contribution is 6.10. The van der Waals surface area contributed by atoms with E-state index in [9.17, 15) is 14.4 Å². The second kappa shape index (κ2) is 8.70. The number of amides is 2. The largest absolute Gasteiger partial charge is 0.462 e. The summed E-state index contributed by atoms with van der Waals surface area (Å²) in [4.78, 5) is 36.6. The lowest BCUT2D eigenvalue weighted by Crippen LogP contribution is -2.21. The van der Waals surface area contributed by atoms with Crippen LogP contribution in [0.15, 0.2) is 34.7 Å². The van der Waals surface area contributed by atoms with E-state index in [4.69, 9.17) is 13.9 Å². The Kier molecular flexibility index (Phi) is 6.37. The van der Waals surface area contributed by atoms with Crippen molar-refractivity contribution in [2.45, 2.75) is 20.8 Å². The van der Waals surface area contributed by atoms with Gasteiger partial charge in [0.1, 0.15) is 16.9 Å². The van der Waals surface area contributed by atoms with Crippen molar-refractivity contribution < 1.29 is 28.3 Å². The molecule has 0 atom stereocenters. The molecule has 8 nitrogen and oxygen atoms in total. The number of ether oxygens (including phenoxy) is 2. The van der Waals surface area contributed by atoms with Crippen LogP contribution < -0.4 is 10.6 Å². The van der Waals surface area contributed by atoms with Gasteiger partial charge in [-0.1, -0.05) is 18.2 Å². The van der Waals surface area contributed by atoms with Gasteiger partial charge in [0.25, 0.3) is 0 Å². The van der Waals surface area contributed by atoms with Crippen molar-refractivity contribution in [3.63, 3.8) is 0 Å². The third-order valence-electron chi connectivity index (χ3n) is 3.30. The first-order chi connectivity index (χ1) is 12.5. The molecule has 0 spiro atoms. The van der Waals surface area contributed by atoms with E-state index in [-0.39, 0.29) is 36.0 Å². The SMILES string of the molecule is CCOC(=O)c1c(C)oc(NC(=O)Nc2ccccc2)c1C(=O)OCC. The van der Waals surface area contributed by atoms with Crippen LogP contribution >= 0.6 is 0 Å². The molecule has 2 N–H and O–H groups in total. The standard InChI is InChI=1S/C18H20N2O6/c1-4-24-16(21)13-11(3)26-15(14(13)17(22)25-5-2)20-18(23)19-12-9-7-6-8-10-12/h6-10H,4-5H2,1-3H3,(H2,19,20,23). The van der Waals surface area contributed by atoms with Crippen molar-refractivity contribution in [3.05, 3.63) is 47.2 Å². The fraction of sp³-hybridized carbons (Fsp3) is 0.278. The minimum atomic E-state index is -0.789. The highest BCUT2D eigenvalue weighted by atomic mass is 16.5. The summed E-state index contributed by atoms with van der Waals surface area (Å²) in [5.74, 6) is -1.56. The molecule has 26 heavy (non-hydrogen) atoms. The molecule has 2 amide bonds. The van der Waals surface area contributed by atoms with Crippen LogP contribution in [0.3, 0.4) is 0 Å². The van der Waals surface area contributed by atoms with Gasteiger partial charge >= 0.3 is 18.0 Å². The summed E-state index contributed by atoms with van der Waals surface area (Å²) in [6.07, 6.45) is 0. The van der Waals surface area contributed by atoms with E-state index in [0.717, 1.165) is 0 Å². The molecule has 1 aromatic heterocycles. The predicted molar refractivity (Wildman–Crippen MR) is 94.4 cm³/mol. The van der Waals surface area contributed by atoms with Gasteiger partial charge in [-0.25, -0.2) is 14.4 Å². The molecular weight excluding hydrogens is 340 g/mol. The zero-order valence-electron chi connectivity index (χ0n) is 14.8. The first-order valence-electron chi connectivity index (χ1n) is 8.08. The van der Waals surface area contributed by atoms with Gasteiger partial charge in [-0.05, 0) is 32.9 Å². The van der Waals surface area contributed by atoms with Gasteiger partial charge in [-0.2, -0.15) is 0 Å². The summed E-state index contributed by atoms with van der Waals surface area (Å²) in [5, 5.41) is 5.02. The fourth-order valence-electron chi connectivity index (χ4n) is 2.27. The molecule has 0 unspecified atom stereocenters. The first kappa shape index (κ1) is 19.0. The molecular formula is C18H20N2O6. The predicted octanol–water partition coefficient (Wildman–Crippen LogP) is 3.59. The number of esters is 2. The number of hydrogen-bond acceptors (Lipinski definition) is 6. The van der Waals surface area contributed by atoms with Crippen molar-refractivity contribution in [2.24, 2.45) is 0 Å². The number of carbonyl (C=O) groups is 3. The summed E-state index contributed by atoms with van der Waals surface area (Å²) in [6, 6.07) is 8.09. The van der Waals surface area contributed by atoms with Gasteiger partial charge in [-0.3, -0.25) is 5.32 Å². The summed E-state index contributed by atoms with van der Waals surface area (Å²) < 4.78 is 15.3. The molecule has 0 radical (unpaired) electrons. The van der Waals surface area contributed by atoms with Gasteiger partial charge in [0.2, 0.25) is 5.88 Å². The zero-order chi connectivity index (χ0) is 19.1. The summed E-state index contributed by atoms with van der Waals surface area (Å²) in [6.45, 7) is 4.99. The van der Waals surface area contributed by atoms with Gasteiger partial charge < -0.3 is 19.2 Å². The van der Waals surface area contributed by atoms with E-state index in [1.807, 2.05) is 6.07 Å². The van der Waals surface area contributed by atoms with Crippen molar-refractivity contribution in [1.29, 1.82) is 0 Å². The Hall–Kier alpha value is -3.29. The number of rotatable bonds is 6. The molecule has 0 bridgehead atoms. The smallest absolute Gasteiger partial charge is 0.344 e. The zero-order valence-corrected chi connectivity index (χ0v) is 14.8. The van der Waals surface area contributed by atoms with E-state index in [1.54, 1.807) is 38.1 Å². The molecule has 8 heteroatoms.